The molecule has 1 aromatic rings. The Morgan fingerprint density at radius 1 is 1.33 bits per heavy atom. The number of amides is 2. The first-order valence-corrected chi connectivity index (χ1v) is 6.77. The van der Waals surface area contributed by atoms with Crippen molar-refractivity contribution < 1.29 is 27.9 Å². The number of halogens is 3. The van der Waals surface area contributed by atoms with E-state index in [1.54, 1.807) is 13.0 Å². The molecule has 0 atom stereocenters. The molecule has 0 radical (unpaired) electrons. The van der Waals surface area contributed by atoms with Crippen LogP contribution in [0.3, 0.4) is 0 Å². The van der Waals surface area contributed by atoms with E-state index >= 15 is 0 Å². The van der Waals surface area contributed by atoms with Gasteiger partial charge in [-0.15, -0.1) is 0 Å². The Kier molecular flexibility index (Phi) is 5.89. The molecule has 3 N–H and O–H groups in total. The number of urea groups is 1. The number of hydrogen-bond acceptors (Lipinski definition) is 3. The van der Waals surface area contributed by atoms with Crippen LogP contribution >= 0.6 is 11.8 Å². The van der Waals surface area contributed by atoms with Crippen LogP contribution in [0.5, 0.6) is 0 Å². The lowest BCUT2D eigenvalue weighted by Gasteiger charge is -2.11. The molecule has 0 aromatic heterocycles. The summed E-state index contributed by atoms with van der Waals surface area (Å²) in [5.41, 5.74) is -3.64. The number of carbonyl (C=O) groups is 2. The molecule has 0 aliphatic rings. The first-order chi connectivity index (χ1) is 9.69. The van der Waals surface area contributed by atoms with E-state index in [0.717, 1.165) is 0 Å². The molecule has 0 spiro atoms. The van der Waals surface area contributed by atoms with Gasteiger partial charge in [-0.3, -0.25) is 0 Å². The zero-order chi connectivity index (χ0) is 16.0. The van der Waals surface area contributed by atoms with Gasteiger partial charge in [-0.25, -0.2) is 9.59 Å². The number of hydrogen-bond donors (Lipinski definition) is 3. The lowest BCUT2D eigenvalue weighted by molar-refractivity contribution is -0.0327. The highest BCUT2D eigenvalue weighted by Crippen LogP contribution is 2.29. The van der Waals surface area contributed by atoms with Gasteiger partial charge in [0.2, 0.25) is 0 Å². The summed E-state index contributed by atoms with van der Waals surface area (Å²) in [5.74, 6) is -1.53. The summed E-state index contributed by atoms with van der Waals surface area (Å²) in [6.07, 6.45) is 0. The predicted octanol–water partition coefficient (Wildman–Crippen LogP) is 3.07. The van der Waals surface area contributed by atoms with Gasteiger partial charge in [0.15, 0.2) is 0 Å². The molecule has 116 valence electrons. The van der Waals surface area contributed by atoms with Crippen LogP contribution in [0.15, 0.2) is 18.2 Å². The van der Waals surface area contributed by atoms with E-state index in [-0.39, 0.29) is 35.3 Å². The van der Waals surface area contributed by atoms with Crippen molar-refractivity contribution >= 4 is 29.4 Å². The number of anilines is 1. The molecule has 1 aromatic carbocycles. The van der Waals surface area contributed by atoms with Gasteiger partial charge >= 0.3 is 17.5 Å². The van der Waals surface area contributed by atoms with Crippen LogP contribution < -0.4 is 10.6 Å². The van der Waals surface area contributed by atoms with Gasteiger partial charge in [-0.05, 0) is 30.8 Å². The molecule has 21 heavy (non-hydrogen) atoms. The highest BCUT2D eigenvalue weighted by molar-refractivity contribution is 8.00. The first-order valence-electron chi connectivity index (χ1n) is 5.78. The Bertz CT molecular complexity index is 535. The normalized spacial score (nSPS) is 11.0. The van der Waals surface area contributed by atoms with Gasteiger partial charge < -0.3 is 15.7 Å². The average molecular weight is 322 g/mol. The second-order valence-corrected chi connectivity index (χ2v) is 5.19. The number of nitrogens with one attached hydrogen (secondary N) is 2. The Morgan fingerprint density at radius 3 is 2.57 bits per heavy atom. The largest absolute Gasteiger partial charge is 0.478 e. The van der Waals surface area contributed by atoms with Crippen molar-refractivity contribution in [1.82, 2.24) is 5.32 Å². The lowest BCUT2D eigenvalue weighted by Crippen LogP contribution is -2.31. The summed E-state index contributed by atoms with van der Waals surface area (Å²) in [6.45, 7) is 1.51. The molecular formula is C12H13F3N2O3S. The Labute approximate surface area is 122 Å². The summed E-state index contributed by atoms with van der Waals surface area (Å²) in [4.78, 5) is 22.5. The van der Waals surface area contributed by atoms with Gasteiger partial charge in [0.05, 0.1) is 11.3 Å². The fourth-order valence-corrected chi connectivity index (χ4v) is 1.88. The zero-order valence-electron chi connectivity index (χ0n) is 11.0. The summed E-state index contributed by atoms with van der Waals surface area (Å²) in [6, 6.07) is 3.66. The van der Waals surface area contributed by atoms with E-state index in [4.69, 9.17) is 5.11 Å². The van der Waals surface area contributed by atoms with Crippen LogP contribution in [0.2, 0.25) is 0 Å². The number of benzene rings is 1. The topological polar surface area (TPSA) is 78.4 Å². The Balaban J connectivity index is 2.54. The van der Waals surface area contributed by atoms with Crippen molar-refractivity contribution in [3.63, 3.8) is 0 Å². The molecular weight excluding hydrogens is 309 g/mol. The second-order valence-electron chi connectivity index (χ2n) is 4.03. The maximum Gasteiger partial charge on any atom is 0.441 e. The summed E-state index contributed by atoms with van der Waals surface area (Å²) in [7, 11) is 0. The lowest BCUT2D eigenvalue weighted by atomic mass is 10.1. The maximum absolute atomic E-state index is 11.9. The molecule has 0 aliphatic carbocycles. The summed E-state index contributed by atoms with van der Waals surface area (Å²) in [5, 5.41) is 13.5. The second kappa shape index (κ2) is 7.21. The van der Waals surface area contributed by atoms with Crippen molar-refractivity contribution in [2.75, 3.05) is 17.6 Å². The van der Waals surface area contributed by atoms with Gasteiger partial charge in [-0.2, -0.15) is 13.2 Å². The van der Waals surface area contributed by atoms with Gasteiger partial charge in [0.25, 0.3) is 0 Å². The molecule has 9 heteroatoms. The molecule has 0 bridgehead atoms. The van der Waals surface area contributed by atoms with Crippen LogP contribution in [-0.2, 0) is 0 Å². The Morgan fingerprint density at radius 2 is 2.00 bits per heavy atom. The predicted molar refractivity (Wildman–Crippen MR) is 73.7 cm³/mol. The standard InChI is InChI=1S/C12H13F3N2O3S/c1-7-2-3-9(8(6-7)10(18)19)17-11(20)16-4-5-21-12(13,14)15/h2-3,6H,4-5H2,1H3,(H,18,19)(H2,16,17,20). The minimum absolute atomic E-state index is 0.0778. The first kappa shape index (κ1) is 17.2. The molecule has 0 fully saturated rings. The van der Waals surface area contributed by atoms with E-state index < -0.39 is 17.5 Å². The van der Waals surface area contributed by atoms with Crippen molar-refractivity contribution in [3.05, 3.63) is 29.3 Å². The molecule has 0 unspecified atom stereocenters. The molecule has 2 amide bonds. The zero-order valence-corrected chi connectivity index (χ0v) is 11.8. The van der Waals surface area contributed by atoms with Crippen LogP contribution in [0.4, 0.5) is 23.7 Å². The van der Waals surface area contributed by atoms with Crippen LogP contribution in [-0.4, -0.2) is 34.9 Å². The van der Waals surface area contributed by atoms with Crippen molar-refractivity contribution in [2.24, 2.45) is 0 Å². The van der Waals surface area contributed by atoms with E-state index in [1.807, 2.05) is 0 Å². The van der Waals surface area contributed by atoms with Crippen molar-refractivity contribution in [1.29, 1.82) is 0 Å². The minimum Gasteiger partial charge on any atom is -0.478 e. The van der Waals surface area contributed by atoms with Crippen molar-refractivity contribution in [3.8, 4) is 0 Å². The third kappa shape index (κ3) is 6.39. The monoisotopic (exact) mass is 322 g/mol. The van der Waals surface area contributed by atoms with E-state index in [9.17, 15) is 22.8 Å². The highest BCUT2D eigenvalue weighted by Gasteiger charge is 2.27. The number of carbonyl (C=O) groups excluding carboxylic acids is 1. The number of rotatable bonds is 5. The van der Waals surface area contributed by atoms with Crippen LogP contribution in [0, 0.1) is 6.92 Å². The highest BCUT2D eigenvalue weighted by atomic mass is 32.2. The number of carboxylic acid groups (broad SMARTS) is 1. The fraction of sp³-hybridized carbons (Fsp3) is 0.333. The van der Waals surface area contributed by atoms with E-state index in [2.05, 4.69) is 10.6 Å². The number of carboxylic acids is 1. The third-order valence-corrected chi connectivity index (χ3v) is 3.04. The average Bonchev–Trinajstić information content (AvgIpc) is 2.35. The third-order valence-electron chi connectivity index (χ3n) is 2.31. The summed E-state index contributed by atoms with van der Waals surface area (Å²) < 4.78 is 35.6. The number of aromatic carboxylic acids is 1. The molecule has 0 saturated heterocycles. The van der Waals surface area contributed by atoms with Crippen LogP contribution in [0.25, 0.3) is 0 Å². The smallest absolute Gasteiger partial charge is 0.441 e. The van der Waals surface area contributed by atoms with Crippen molar-refractivity contribution in [2.45, 2.75) is 12.4 Å². The molecule has 0 saturated carbocycles. The number of aryl methyl sites for hydroxylation is 1. The quantitative estimate of drug-likeness (QED) is 0.728. The molecule has 0 heterocycles. The van der Waals surface area contributed by atoms with E-state index in [0.29, 0.717) is 5.56 Å². The fourth-order valence-electron chi connectivity index (χ4n) is 1.44. The molecule has 1 rings (SSSR count). The van der Waals surface area contributed by atoms with Crippen LogP contribution in [0.1, 0.15) is 15.9 Å². The molecule has 5 nitrogen and oxygen atoms in total. The maximum atomic E-state index is 11.9. The number of alkyl halides is 3. The summed E-state index contributed by atoms with van der Waals surface area (Å²) >= 11 is -0.245. The van der Waals surface area contributed by atoms with Gasteiger partial charge in [0, 0.05) is 12.3 Å². The van der Waals surface area contributed by atoms with Gasteiger partial charge in [-0.1, -0.05) is 11.6 Å². The minimum atomic E-state index is -4.34. The SMILES string of the molecule is Cc1ccc(NC(=O)NCCSC(F)(F)F)c(C(=O)O)c1. The van der Waals surface area contributed by atoms with E-state index in [1.165, 1.54) is 12.1 Å². The number of thioether (sulfide) groups is 1. The molecule has 0 aliphatic heterocycles. The Hall–Kier alpha value is -1.90. The van der Waals surface area contributed by atoms with Gasteiger partial charge in [0.1, 0.15) is 0 Å².